The fourth-order valence-electron chi connectivity index (χ4n) is 3.28. The smallest absolute Gasteiger partial charge is 0.251 e. The highest BCUT2D eigenvalue weighted by molar-refractivity contribution is 5.79. The zero-order valence-electron chi connectivity index (χ0n) is 15.4. The molecule has 2 aromatic rings. The van der Waals surface area contributed by atoms with Crippen LogP contribution in [0.4, 0.5) is 5.82 Å². The van der Waals surface area contributed by atoms with E-state index in [4.69, 9.17) is 4.42 Å². The minimum absolute atomic E-state index is 0.0891. The number of piperazine rings is 1. The van der Waals surface area contributed by atoms with E-state index in [-0.39, 0.29) is 11.8 Å². The fraction of sp³-hybridized carbons (Fsp3) is 0.579. The molecule has 0 aromatic carbocycles. The summed E-state index contributed by atoms with van der Waals surface area (Å²) in [7, 11) is 0. The summed E-state index contributed by atoms with van der Waals surface area (Å²) < 4.78 is 5.88. The van der Waals surface area contributed by atoms with Gasteiger partial charge in [-0.3, -0.25) is 4.79 Å². The van der Waals surface area contributed by atoms with Gasteiger partial charge in [0.25, 0.3) is 5.89 Å². The summed E-state index contributed by atoms with van der Waals surface area (Å²) in [4.78, 5) is 21.1. The second kappa shape index (κ2) is 7.05. The average molecular weight is 355 g/mol. The number of anilines is 1. The van der Waals surface area contributed by atoms with Crippen LogP contribution in [0.5, 0.6) is 0 Å². The van der Waals surface area contributed by atoms with Gasteiger partial charge in [0.1, 0.15) is 5.82 Å². The first-order valence-corrected chi connectivity index (χ1v) is 9.50. The van der Waals surface area contributed by atoms with Crippen molar-refractivity contribution in [2.75, 3.05) is 31.1 Å². The molecule has 0 N–H and O–H groups in total. The molecule has 0 bridgehead atoms. The molecule has 1 aliphatic heterocycles. The molecule has 2 aliphatic rings. The SMILES string of the molecule is CC[C@@H](C)C(=O)N1CCN(c2ncccc2-c2nnc(C3CC3)o2)CC1. The molecule has 1 amide bonds. The average Bonchev–Trinajstić information content (AvgIpc) is 3.44. The van der Waals surface area contributed by atoms with Crippen LogP contribution in [0.25, 0.3) is 11.5 Å². The Hall–Kier alpha value is -2.44. The van der Waals surface area contributed by atoms with Crippen molar-refractivity contribution in [3.63, 3.8) is 0 Å². The highest BCUT2D eigenvalue weighted by Gasteiger charge is 2.31. The van der Waals surface area contributed by atoms with Crippen molar-refractivity contribution in [3.05, 3.63) is 24.2 Å². The fourth-order valence-corrected chi connectivity index (χ4v) is 3.28. The molecule has 0 spiro atoms. The molecule has 2 fully saturated rings. The van der Waals surface area contributed by atoms with Gasteiger partial charge in [0.2, 0.25) is 11.8 Å². The Balaban J connectivity index is 1.49. The minimum Gasteiger partial charge on any atom is -0.420 e. The molecule has 1 saturated carbocycles. The van der Waals surface area contributed by atoms with E-state index in [1.165, 1.54) is 0 Å². The van der Waals surface area contributed by atoms with Gasteiger partial charge in [-0.05, 0) is 31.4 Å². The van der Waals surface area contributed by atoms with Gasteiger partial charge >= 0.3 is 0 Å². The molecule has 4 rings (SSSR count). The van der Waals surface area contributed by atoms with E-state index in [1.807, 2.05) is 24.0 Å². The molecule has 3 heterocycles. The van der Waals surface area contributed by atoms with Gasteiger partial charge in [-0.2, -0.15) is 0 Å². The van der Waals surface area contributed by atoms with Crippen LogP contribution in [0.3, 0.4) is 0 Å². The Morgan fingerprint density at radius 2 is 2.04 bits per heavy atom. The van der Waals surface area contributed by atoms with Gasteiger partial charge < -0.3 is 14.2 Å². The Bertz CT molecular complexity index is 778. The number of aromatic nitrogens is 3. The first-order valence-electron chi connectivity index (χ1n) is 9.50. The lowest BCUT2D eigenvalue weighted by molar-refractivity contribution is -0.135. The predicted molar refractivity (Wildman–Crippen MR) is 97.8 cm³/mol. The van der Waals surface area contributed by atoms with Gasteiger partial charge in [0.05, 0.1) is 5.56 Å². The third-order valence-corrected chi connectivity index (χ3v) is 5.31. The number of amides is 1. The molecule has 0 unspecified atom stereocenters. The number of hydrogen-bond acceptors (Lipinski definition) is 6. The number of hydrogen-bond donors (Lipinski definition) is 0. The van der Waals surface area contributed by atoms with Crippen LogP contribution in [0.2, 0.25) is 0 Å². The Kier molecular flexibility index (Phi) is 4.61. The van der Waals surface area contributed by atoms with Crippen molar-refractivity contribution in [2.45, 2.75) is 39.0 Å². The summed E-state index contributed by atoms with van der Waals surface area (Å²) in [6, 6.07) is 3.87. The van der Waals surface area contributed by atoms with Crippen molar-refractivity contribution in [2.24, 2.45) is 5.92 Å². The number of carbonyl (C=O) groups excluding carboxylic acids is 1. The van der Waals surface area contributed by atoms with E-state index in [1.54, 1.807) is 6.20 Å². The molecular weight excluding hydrogens is 330 g/mol. The van der Waals surface area contributed by atoms with Crippen LogP contribution in [-0.4, -0.2) is 52.2 Å². The third kappa shape index (κ3) is 3.30. The Labute approximate surface area is 153 Å². The Morgan fingerprint density at radius 3 is 2.73 bits per heavy atom. The van der Waals surface area contributed by atoms with Crippen LogP contribution < -0.4 is 4.90 Å². The summed E-state index contributed by atoms with van der Waals surface area (Å²) in [5.41, 5.74) is 0.869. The van der Waals surface area contributed by atoms with Crippen LogP contribution in [0.1, 0.15) is 44.9 Å². The number of pyridine rings is 1. The van der Waals surface area contributed by atoms with Crippen molar-refractivity contribution in [3.8, 4) is 11.5 Å². The van der Waals surface area contributed by atoms with Crippen molar-refractivity contribution >= 4 is 11.7 Å². The highest BCUT2D eigenvalue weighted by atomic mass is 16.4. The predicted octanol–water partition coefficient (Wildman–Crippen LogP) is 2.70. The maximum Gasteiger partial charge on any atom is 0.251 e. The first kappa shape index (κ1) is 17.0. The largest absolute Gasteiger partial charge is 0.420 e. The lowest BCUT2D eigenvalue weighted by Gasteiger charge is -2.37. The quantitative estimate of drug-likeness (QED) is 0.821. The monoisotopic (exact) mass is 355 g/mol. The molecule has 7 heteroatoms. The van der Waals surface area contributed by atoms with E-state index >= 15 is 0 Å². The van der Waals surface area contributed by atoms with Gasteiger partial charge in [-0.1, -0.05) is 13.8 Å². The molecule has 138 valence electrons. The van der Waals surface area contributed by atoms with Crippen LogP contribution in [-0.2, 0) is 4.79 Å². The minimum atomic E-state index is 0.0891. The second-order valence-electron chi connectivity index (χ2n) is 7.22. The third-order valence-electron chi connectivity index (χ3n) is 5.31. The molecule has 0 radical (unpaired) electrons. The molecule has 26 heavy (non-hydrogen) atoms. The van der Waals surface area contributed by atoms with E-state index in [0.29, 0.717) is 11.8 Å². The maximum absolute atomic E-state index is 12.4. The summed E-state index contributed by atoms with van der Waals surface area (Å²) in [5, 5.41) is 8.42. The molecule has 7 nitrogen and oxygen atoms in total. The molecule has 2 aromatic heterocycles. The van der Waals surface area contributed by atoms with Gasteiger partial charge in [0, 0.05) is 44.2 Å². The number of rotatable bonds is 5. The van der Waals surface area contributed by atoms with E-state index in [9.17, 15) is 4.79 Å². The summed E-state index contributed by atoms with van der Waals surface area (Å²) in [5.74, 6) is 2.90. The zero-order valence-corrected chi connectivity index (χ0v) is 15.4. The van der Waals surface area contributed by atoms with Gasteiger partial charge in [-0.15, -0.1) is 10.2 Å². The summed E-state index contributed by atoms with van der Waals surface area (Å²) in [6.07, 6.45) is 4.93. The normalized spacial score (nSPS) is 18.8. The van der Waals surface area contributed by atoms with Crippen molar-refractivity contribution < 1.29 is 9.21 Å². The number of nitrogens with zero attached hydrogens (tertiary/aromatic N) is 5. The standard InChI is InChI=1S/C19H25N5O2/c1-3-13(2)19(25)24-11-9-23(10-12-24)16-15(5-4-8-20-16)18-22-21-17(26-18)14-6-7-14/h4-5,8,13-14H,3,6-7,9-12H2,1-2H3/t13-/m1/s1. The summed E-state index contributed by atoms with van der Waals surface area (Å²) in [6.45, 7) is 7.01. The van der Waals surface area contributed by atoms with Gasteiger partial charge in [0.15, 0.2) is 0 Å². The molecular formula is C19H25N5O2. The lowest BCUT2D eigenvalue weighted by Crippen LogP contribution is -2.50. The van der Waals surface area contributed by atoms with E-state index in [0.717, 1.165) is 62.7 Å². The topological polar surface area (TPSA) is 75.4 Å². The zero-order chi connectivity index (χ0) is 18.1. The van der Waals surface area contributed by atoms with Crippen molar-refractivity contribution in [1.82, 2.24) is 20.1 Å². The van der Waals surface area contributed by atoms with Crippen LogP contribution in [0.15, 0.2) is 22.7 Å². The van der Waals surface area contributed by atoms with Crippen LogP contribution in [0, 0.1) is 5.92 Å². The van der Waals surface area contributed by atoms with Crippen molar-refractivity contribution in [1.29, 1.82) is 0 Å². The summed E-state index contributed by atoms with van der Waals surface area (Å²) >= 11 is 0. The van der Waals surface area contributed by atoms with Crippen LogP contribution >= 0.6 is 0 Å². The Morgan fingerprint density at radius 1 is 1.27 bits per heavy atom. The second-order valence-corrected chi connectivity index (χ2v) is 7.22. The van der Waals surface area contributed by atoms with Gasteiger partial charge in [-0.25, -0.2) is 4.98 Å². The highest BCUT2D eigenvalue weighted by Crippen LogP contribution is 2.40. The molecule has 1 atom stereocenters. The first-order chi connectivity index (χ1) is 12.7. The molecule has 1 saturated heterocycles. The van der Waals surface area contributed by atoms with E-state index < -0.39 is 0 Å². The maximum atomic E-state index is 12.4. The van der Waals surface area contributed by atoms with E-state index in [2.05, 4.69) is 27.0 Å². The lowest BCUT2D eigenvalue weighted by atomic mass is 10.1. The number of carbonyl (C=O) groups is 1. The molecule has 1 aliphatic carbocycles.